The van der Waals surface area contributed by atoms with Gasteiger partial charge in [0.1, 0.15) is 0 Å². The predicted molar refractivity (Wildman–Crippen MR) is 110 cm³/mol. The summed E-state index contributed by atoms with van der Waals surface area (Å²) in [6.45, 7) is 0. The Morgan fingerprint density at radius 3 is 2.37 bits per heavy atom. The van der Waals surface area contributed by atoms with Crippen LogP contribution in [0.5, 0.6) is 0 Å². The standard InChI is InChI=1S/C20H16ClN3O2S/c21-16-10-8-14(9-11-16)19(26)23-24-20(27)22-18(25)12-15-6-3-5-13-4-1-2-7-17(13)15/h1-11H,12H2,(H,23,26)(H2,22,24,25,27). The van der Waals surface area contributed by atoms with Crippen molar-refractivity contribution in [1.82, 2.24) is 16.2 Å². The second-order valence-electron chi connectivity index (χ2n) is 5.78. The zero-order valence-corrected chi connectivity index (χ0v) is 15.7. The number of hydrogen-bond acceptors (Lipinski definition) is 3. The van der Waals surface area contributed by atoms with Crippen LogP contribution in [-0.4, -0.2) is 16.9 Å². The van der Waals surface area contributed by atoms with Crippen LogP contribution in [0.2, 0.25) is 5.02 Å². The summed E-state index contributed by atoms with van der Waals surface area (Å²) in [5.74, 6) is -0.665. The maximum absolute atomic E-state index is 12.3. The van der Waals surface area contributed by atoms with Crippen LogP contribution in [0.25, 0.3) is 10.8 Å². The highest BCUT2D eigenvalue weighted by Crippen LogP contribution is 2.18. The minimum absolute atomic E-state index is 0.0163. The molecule has 7 heteroatoms. The zero-order chi connectivity index (χ0) is 19.2. The number of hydrogen-bond donors (Lipinski definition) is 3. The Hall–Kier alpha value is -2.96. The Kier molecular flexibility index (Phi) is 6.01. The SMILES string of the molecule is O=C(Cc1cccc2ccccc12)NC(=S)NNC(=O)c1ccc(Cl)cc1. The Balaban J connectivity index is 1.54. The van der Waals surface area contributed by atoms with Gasteiger partial charge in [-0.25, -0.2) is 0 Å². The number of nitrogens with one attached hydrogen (secondary N) is 3. The molecule has 0 saturated carbocycles. The molecule has 136 valence electrons. The Bertz CT molecular complexity index is 1000. The molecule has 3 aromatic carbocycles. The topological polar surface area (TPSA) is 70.2 Å². The quantitative estimate of drug-likeness (QED) is 0.468. The molecule has 0 fully saturated rings. The van der Waals surface area contributed by atoms with Crippen molar-refractivity contribution in [3.8, 4) is 0 Å². The molecule has 2 amide bonds. The summed E-state index contributed by atoms with van der Waals surface area (Å²) in [7, 11) is 0. The van der Waals surface area contributed by atoms with Gasteiger partial charge in [-0.3, -0.25) is 20.4 Å². The molecule has 27 heavy (non-hydrogen) atoms. The highest BCUT2D eigenvalue weighted by molar-refractivity contribution is 7.80. The van der Waals surface area contributed by atoms with E-state index in [0.29, 0.717) is 10.6 Å². The number of thiocarbonyl (C=S) groups is 1. The lowest BCUT2D eigenvalue weighted by Crippen LogP contribution is -2.48. The highest BCUT2D eigenvalue weighted by atomic mass is 35.5. The molecule has 3 aromatic rings. The van der Waals surface area contributed by atoms with Crippen molar-refractivity contribution in [3.05, 3.63) is 82.9 Å². The summed E-state index contributed by atoms with van der Waals surface area (Å²) >= 11 is 10.8. The number of amides is 2. The average molecular weight is 398 g/mol. The first-order valence-corrected chi connectivity index (χ1v) is 8.94. The third-order valence-corrected chi connectivity index (χ3v) is 4.34. The van der Waals surface area contributed by atoms with Gasteiger partial charge in [0, 0.05) is 10.6 Å². The van der Waals surface area contributed by atoms with Crippen molar-refractivity contribution in [2.75, 3.05) is 0 Å². The van der Waals surface area contributed by atoms with Crippen molar-refractivity contribution in [2.45, 2.75) is 6.42 Å². The molecule has 0 aliphatic carbocycles. The molecule has 0 saturated heterocycles. The lowest BCUT2D eigenvalue weighted by molar-refractivity contribution is -0.119. The number of hydrazine groups is 1. The first-order chi connectivity index (χ1) is 13.0. The number of carbonyl (C=O) groups is 2. The molecular formula is C20H16ClN3O2S. The second-order valence-corrected chi connectivity index (χ2v) is 6.62. The first-order valence-electron chi connectivity index (χ1n) is 8.15. The van der Waals surface area contributed by atoms with Crippen LogP contribution in [-0.2, 0) is 11.2 Å². The van der Waals surface area contributed by atoms with Gasteiger partial charge in [0.05, 0.1) is 6.42 Å². The Morgan fingerprint density at radius 2 is 1.59 bits per heavy atom. The van der Waals surface area contributed by atoms with Gasteiger partial charge in [0.2, 0.25) is 5.91 Å². The molecule has 0 bridgehead atoms. The van der Waals surface area contributed by atoms with Crippen LogP contribution in [0.4, 0.5) is 0 Å². The number of benzene rings is 3. The van der Waals surface area contributed by atoms with Gasteiger partial charge in [-0.15, -0.1) is 0 Å². The Morgan fingerprint density at radius 1 is 0.889 bits per heavy atom. The van der Waals surface area contributed by atoms with Crippen LogP contribution < -0.4 is 16.2 Å². The molecule has 0 atom stereocenters. The molecular weight excluding hydrogens is 382 g/mol. The molecule has 0 aromatic heterocycles. The summed E-state index contributed by atoms with van der Waals surface area (Å²) in [6.07, 6.45) is 0.175. The van der Waals surface area contributed by atoms with Gasteiger partial charge in [0.25, 0.3) is 5.91 Å². The van der Waals surface area contributed by atoms with E-state index in [1.54, 1.807) is 24.3 Å². The predicted octanol–water partition coefficient (Wildman–Crippen LogP) is 3.37. The first kappa shape index (κ1) is 18.8. The summed E-state index contributed by atoms with van der Waals surface area (Å²) in [6, 6.07) is 20.1. The van der Waals surface area contributed by atoms with E-state index in [1.165, 1.54) is 0 Å². The van der Waals surface area contributed by atoms with E-state index in [2.05, 4.69) is 16.2 Å². The largest absolute Gasteiger partial charge is 0.302 e. The van der Waals surface area contributed by atoms with Gasteiger partial charge < -0.3 is 5.32 Å². The maximum atomic E-state index is 12.3. The van der Waals surface area contributed by atoms with Crippen molar-refractivity contribution >= 4 is 51.5 Å². The van der Waals surface area contributed by atoms with E-state index in [4.69, 9.17) is 23.8 Å². The molecule has 3 N–H and O–H groups in total. The fraction of sp³-hybridized carbons (Fsp3) is 0.0500. The zero-order valence-electron chi connectivity index (χ0n) is 14.2. The third kappa shape index (κ3) is 5.03. The fourth-order valence-corrected chi connectivity index (χ4v) is 2.90. The van der Waals surface area contributed by atoms with Gasteiger partial charge in [-0.2, -0.15) is 0 Å². The molecule has 0 aliphatic rings. The van der Waals surface area contributed by atoms with Gasteiger partial charge in [0.15, 0.2) is 5.11 Å². The minimum atomic E-state index is -0.391. The fourth-order valence-electron chi connectivity index (χ4n) is 2.61. The third-order valence-electron chi connectivity index (χ3n) is 3.88. The number of fused-ring (bicyclic) bond motifs is 1. The molecule has 3 rings (SSSR count). The molecule has 0 radical (unpaired) electrons. The van der Waals surface area contributed by atoms with Crippen molar-refractivity contribution < 1.29 is 9.59 Å². The second kappa shape index (κ2) is 8.62. The summed E-state index contributed by atoms with van der Waals surface area (Å²) in [5, 5.41) is 5.20. The van der Waals surface area contributed by atoms with Crippen molar-refractivity contribution in [2.24, 2.45) is 0 Å². The van der Waals surface area contributed by atoms with Crippen molar-refractivity contribution in [1.29, 1.82) is 0 Å². The van der Waals surface area contributed by atoms with E-state index in [1.807, 2.05) is 42.5 Å². The van der Waals surface area contributed by atoms with Crippen molar-refractivity contribution in [3.63, 3.8) is 0 Å². The number of halogens is 1. The summed E-state index contributed by atoms with van der Waals surface area (Å²) in [5.41, 5.74) is 6.26. The molecule has 0 spiro atoms. The van der Waals surface area contributed by atoms with E-state index < -0.39 is 5.91 Å². The van der Waals surface area contributed by atoms with Crippen LogP contribution in [0.1, 0.15) is 15.9 Å². The van der Waals surface area contributed by atoms with Crippen LogP contribution >= 0.6 is 23.8 Å². The normalized spacial score (nSPS) is 10.3. The molecule has 0 aliphatic heterocycles. The minimum Gasteiger partial charge on any atom is -0.302 e. The number of carbonyl (C=O) groups excluding carboxylic acids is 2. The van der Waals surface area contributed by atoms with Crippen LogP contribution in [0.15, 0.2) is 66.7 Å². The van der Waals surface area contributed by atoms with Gasteiger partial charge >= 0.3 is 0 Å². The lowest BCUT2D eigenvalue weighted by Gasteiger charge is -2.11. The van der Waals surface area contributed by atoms with E-state index >= 15 is 0 Å². The average Bonchev–Trinajstić information content (AvgIpc) is 2.67. The van der Waals surface area contributed by atoms with Crippen LogP contribution in [0.3, 0.4) is 0 Å². The molecule has 5 nitrogen and oxygen atoms in total. The van der Waals surface area contributed by atoms with E-state index in [9.17, 15) is 9.59 Å². The summed E-state index contributed by atoms with van der Waals surface area (Å²) in [4.78, 5) is 24.2. The van der Waals surface area contributed by atoms with Crippen LogP contribution in [0, 0.1) is 0 Å². The van der Waals surface area contributed by atoms with Gasteiger partial charge in [-0.1, -0.05) is 54.1 Å². The summed E-state index contributed by atoms with van der Waals surface area (Å²) < 4.78 is 0. The van der Waals surface area contributed by atoms with E-state index in [0.717, 1.165) is 16.3 Å². The number of rotatable bonds is 3. The van der Waals surface area contributed by atoms with Gasteiger partial charge in [-0.05, 0) is 52.8 Å². The Labute approximate surface area is 166 Å². The highest BCUT2D eigenvalue weighted by Gasteiger charge is 2.10. The lowest BCUT2D eigenvalue weighted by atomic mass is 10.0. The maximum Gasteiger partial charge on any atom is 0.269 e. The van der Waals surface area contributed by atoms with E-state index in [-0.39, 0.29) is 17.4 Å². The molecule has 0 heterocycles. The molecule has 0 unspecified atom stereocenters. The monoisotopic (exact) mass is 397 g/mol. The smallest absolute Gasteiger partial charge is 0.269 e.